The maximum Gasteiger partial charge on any atom is 0.266 e. The van der Waals surface area contributed by atoms with Gasteiger partial charge in [0, 0.05) is 16.1 Å². The summed E-state index contributed by atoms with van der Waals surface area (Å²) in [6.07, 6.45) is 1.43. The van der Waals surface area contributed by atoms with Crippen molar-refractivity contribution < 1.29 is 9.53 Å². The highest BCUT2D eigenvalue weighted by Gasteiger charge is 2.14. The molecule has 7 heteroatoms. The van der Waals surface area contributed by atoms with Crippen molar-refractivity contribution in [1.82, 2.24) is 0 Å². The Morgan fingerprint density at radius 1 is 0.941 bits per heavy atom. The lowest BCUT2D eigenvalue weighted by atomic mass is 10.1. The monoisotopic (exact) mass is 506 g/mol. The molecule has 0 atom stereocenters. The van der Waals surface area contributed by atoms with Gasteiger partial charge in [-0.15, -0.1) is 0 Å². The first-order valence-electron chi connectivity index (χ1n) is 10.2. The number of hydrogen-bond acceptors (Lipinski definition) is 3. The number of halogens is 3. The number of ether oxygens (including phenoxy) is 1. The van der Waals surface area contributed by atoms with Crippen LogP contribution in [0.3, 0.4) is 0 Å². The van der Waals surface area contributed by atoms with Gasteiger partial charge in [-0.25, -0.2) is 0 Å². The lowest BCUT2D eigenvalue weighted by molar-refractivity contribution is -0.112. The summed E-state index contributed by atoms with van der Waals surface area (Å²) in [6, 6.07) is 25.6. The van der Waals surface area contributed by atoms with Gasteiger partial charge in [-0.1, -0.05) is 83.3 Å². The number of amides is 1. The van der Waals surface area contributed by atoms with Crippen LogP contribution < -0.4 is 10.1 Å². The molecule has 4 nitrogen and oxygen atoms in total. The number of fused-ring (bicyclic) bond motifs is 1. The van der Waals surface area contributed by atoms with Gasteiger partial charge in [0.15, 0.2) is 5.75 Å². The molecule has 0 aromatic heterocycles. The number of carbonyl (C=O) groups is 1. The molecule has 0 bridgehead atoms. The minimum Gasteiger partial charge on any atom is -0.486 e. The van der Waals surface area contributed by atoms with Crippen LogP contribution in [0.15, 0.2) is 84.4 Å². The minimum absolute atomic E-state index is 0.0881. The molecule has 0 aliphatic heterocycles. The van der Waals surface area contributed by atoms with Crippen LogP contribution in [-0.4, -0.2) is 5.91 Å². The average molecular weight is 508 g/mol. The smallest absolute Gasteiger partial charge is 0.266 e. The fourth-order valence-electron chi connectivity index (χ4n) is 3.38. The van der Waals surface area contributed by atoms with E-state index < -0.39 is 5.91 Å². The van der Waals surface area contributed by atoms with Crippen LogP contribution in [0.4, 0.5) is 5.69 Å². The largest absolute Gasteiger partial charge is 0.486 e. The first-order valence-corrected chi connectivity index (χ1v) is 11.3. The summed E-state index contributed by atoms with van der Waals surface area (Å²) in [6.45, 7) is 0.253. The first kappa shape index (κ1) is 23.7. The molecular formula is C27H17Cl3N2O2. The summed E-state index contributed by atoms with van der Waals surface area (Å²) in [5.74, 6) is -0.219. The number of anilines is 1. The summed E-state index contributed by atoms with van der Waals surface area (Å²) < 4.78 is 5.78. The molecule has 4 rings (SSSR count). The van der Waals surface area contributed by atoms with Crippen molar-refractivity contribution in [2.24, 2.45) is 0 Å². The molecule has 0 saturated carbocycles. The number of nitrogens with zero attached hydrogens (tertiary/aromatic N) is 1. The fourth-order valence-corrected chi connectivity index (χ4v) is 4.12. The Hall–Kier alpha value is -3.49. The molecular weight excluding hydrogens is 491 g/mol. The van der Waals surface area contributed by atoms with Crippen molar-refractivity contribution in [2.45, 2.75) is 6.61 Å². The van der Waals surface area contributed by atoms with Gasteiger partial charge >= 0.3 is 0 Å². The number of nitriles is 1. The molecule has 0 heterocycles. The van der Waals surface area contributed by atoms with Crippen LogP contribution in [0, 0.1) is 11.3 Å². The van der Waals surface area contributed by atoms with Gasteiger partial charge in [-0.3, -0.25) is 4.79 Å². The number of hydrogen-bond donors (Lipinski definition) is 1. The van der Waals surface area contributed by atoms with Crippen molar-refractivity contribution in [3.8, 4) is 11.8 Å². The van der Waals surface area contributed by atoms with Gasteiger partial charge < -0.3 is 10.1 Å². The molecule has 34 heavy (non-hydrogen) atoms. The molecule has 0 saturated heterocycles. The van der Waals surface area contributed by atoms with E-state index in [1.165, 1.54) is 6.08 Å². The molecule has 1 amide bonds. The molecule has 4 aromatic rings. The summed E-state index contributed by atoms with van der Waals surface area (Å²) in [5, 5.41) is 15.4. The maximum atomic E-state index is 12.8. The first-order chi connectivity index (χ1) is 16.4. The minimum atomic E-state index is -0.533. The Kier molecular flexibility index (Phi) is 7.40. The number of nitrogens with one attached hydrogen (secondary N) is 1. The predicted molar refractivity (Wildman–Crippen MR) is 138 cm³/mol. The third-order valence-electron chi connectivity index (χ3n) is 5.03. The lowest BCUT2D eigenvalue weighted by Gasteiger charge is -2.11. The standard InChI is InChI=1S/C27H17Cl3N2O2/c28-21-10-8-17(9-11-21)16-34-26-23(29)13-18(14-24(26)30)12-20(15-31)27(33)32-25-7-3-5-19-4-1-2-6-22(19)25/h1-14H,16H2,(H,32,33)/b20-12+. The maximum absolute atomic E-state index is 12.8. The van der Waals surface area contributed by atoms with Crippen LogP contribution in [0.25, 0.3) is 16.8 Å². The molecule has 4 aromatic carbocycles. The summed E-state index contributed by atoms with van der Waals surface area (Å²) in [4.78, 5) is 12.8. The Morgan fingerprint density at radius 2 is 1.62 bits per heavy atom. The van der Waals surface area contributed by atoms with Gasteiger partial charge in [0.2, 0.25) is 0 Å². The van der Waals surface area contributed by atoms with Crippen LogP contribution in [0.1, 0.15) is 11.1 Å². The Labute approximate surface area is 211 Å². The predicted octanol–water partition coefficient (Wildman–Crippen LogP) is 7.92. The highest BCUT2D eigenvalue weighted by atomic mass is 35.5. The zero-order chi connectivity index (χ0) is 24.1. The molecule has 0 aliphatic rings. The van der Waals surface area contributed by atoms with Crippen molar-refractivity contribution in [3.63, 3.8) is 0 Å². The van der Waals surface area contributed by atoms with Gasteiger partial charge in [0.1, 0.15) is 18.2 Å². The second-order valence-corrected chi connectivity index (χ2v) is 8.63. The zero-order valence-corrected chi connectivity index (χ0v) is 20.0. The molecule has 0 aliphatic carbocycles. The molecule has 0 fully saturated rings. The van der Waals surface area contributed by atoms with E-state index in [2.05, 4.69) is 5.32 Å². The zero-order valence-electron chi connectivity index (χ0n) is 17.7. The highest BCUT2D eigenvalue weighted by molar-refractivity contribution is 6.37. The Morgan fingerprint density at radius 3 is 2.32 bits per heavy atom. The number of rotatable bonds is 6. The second kappa shape index (κ2) is 10.6. The fraction of sp³-hybridized carbons (Fsp3) is 0.0370. The number of benzene rings is 4. The second-order valence-electron chi connectivity index (χ2n) is 7.38. The van der Waals surface area contributed by atoms with E-state index in [0.29, 0.717) is 22.0 Å². The van der Waals surface area contributed by atoms with Gasteiger partial charge in [-0.05, 0) is 52.9 Å². The van der Waals surface area contributed by atoms with Gasteiger partial charge in [0.25, 0.3) is 5.91 Å². The normalized spacial score (nSPS) is 11.2. The van der Waals surface area contributed by atoms with E-state index in [1.54, 1.807) is 30.3 Å². The van der Waals surface area contributed by atoms with Gasteiger partial charge in [-0.2, -0.15) is 5.26 Å². The lowest BCUT2D eigenvalue weighted by Crippen LogP contribution is -2.13. The van der Waals surface area contributed by atoms with E-state index in [1.807, 2.05) is 54.6 Å². The van der Waals surface area contributed by atoms with Crippen LogP contribution in [0.2, 0.25) is 15.1 Å². The highest BCUT2D eigenvalue weighted by Crippen LogP contribution is 2.35. The van der Waals surface area contributed by atoms with Gasteiger partial charge in [0.05, 0.1) is 10.0 Å². The molecule has 1 N–H and O–H groups in total. The quantitative estimate of drug-likeness (QED) is 0.213. The van der Waals surface area contributed by atoms with Crippen molar-refractivity contribution >= 4 is 63.2 Å². The van der Waals surface area contributed by atoms with Crippen molar-refractivity contribution in [2.75, 3.05) is 5.32 Å². The third-order valence-corrected chi connectivity index (χ3v) is 5.84. The van der Waals surface area contributed by atoms with E-state index in [9.17, 15) is 10.1 Å². The van der Waals surface area contributed by atoms with Crippen molar-refractivity contribution in [1.29, 1.82) is 5.26 Å². The number of carbonyl (C=O) groups excluding carboxylic acids is 1. The van der Waals surface area contributed by atoms with Crippen LogP contribution in [-0.2, 0) is 11.4 Å². The van der Waals surface area contributed by atoms with E-state index >= 15 is 0 Å². The Bertz CT molecular complexity index is 1410. The Balaban J connectivity index is 1.53. The van der Waals surface area contributed by atoms with E-state index in [0.717, 1.165) is 16.3 Å². The molecule has 0 unspecified atom stereocenters. The van der Waals surface area contributed by atoms with E-state index in [-0.39, 0.29) is 22.2 Å². The topological polar surface area (TPSA) is 62.1 Å². The van der Waals surface area contributed by atoms with Crippen molar-refractivity contribution in [3.05, 3.63) is 111 Å². The summed E-state index contributed by atoms with van der Waals surface area (Å²) >= 11 is 18.7. The molecule has 0 radical (unpaired) electrons. The van der Waals surface area contributed by atoms with Crippen LogP contribution in [0.5, 0.6) is 5.75 Å². The third kappa shape index (κ3) is 5.52. The summed E-state index contributed by atoms with van der Waals surface area (Å²) in [7, 11) is 0. The molecule has 0 spiro atoms. The summed E-state index contributed by atoms with van der Waals surface area (Å²) in [5.41, 5.74) is 1.93. The van der Waals surface area contributed by atoms with Crippen LogP contribution >= 0.6 is 34.8 Å². The van der Waals surface area contributed by atoms with E-state index in [4.69, 9.17) is 39.5 Å². The average Bonchev–Trinajstić information content (AvgIpc) is 2.83. The molecule has 168 valence electrons. The SMILES string of the molecule is N#C/C(=C\c1cc(Cl)c(OCc2ccc(Cl)cc2)c(Cl)c1)C(=O)Nc1cccc2ccccc12.